The highest BCUT2D eigenvalue weighted by atomic mass is 16.5. The van der Waals surface area contributed by atoms with Crippen LogP contribution in [0.5, 0.6) is 0 Å². The zero-order valence-electron chi connectivity index (χ0n) is 14.3. The molecule has 0 aromatic carbocycles. The first-order chi connectivity index (χ1) is 11.0. The third kappa shape index (κ3) is 3.45. The van der Waals surface area contributed by atoms with Crippen molar-refractivity contribution >= 4 is 11.6 Å². The second kappa shape index (κ2) is 6.41. The SMILES string of the molecule is CCCc1cc(N2CC(COC)OC(C)(C)C2)n2ncnc2n1. The summed E-state index contributed by atoms with van der Waals surface area (Å²) < 4.78 is 13.2. The van der Waals surface area contributed by atoms with Gasteiger partial charge < -0.3 is 14.4 Å². The fraction of sp³-hybridized carbons (Fsp3) is 0.688. The van der Waals surface area contributed by atoms with E-state index >= 15 is 0 Å². The van der Waals surface area contributed by atoms with Gasteiger partial charge in [0.15, 0.2) is 0 Å². The molecule has 23 heavy (non-hydrogen) atoms. The molecule has 0 radical (unpaired) electrons. The largest absolute Gasteiger partial charge is 0.382 e. The number of anilines is 1. The Labute approximate surface area is 136 Å². The van der Waals surface area contributed by atoms with Crippen molar-refractivity contribution in [3.63, 3.8) is 0 Å². The van der Waals surface area contributed by atoms with Gasteiger partial charge >= 0.3 is 0 Å². The van der Waals surface area contributed by atoms with Gasteiger partial charge in [0.05, 0.1) is 18.3 Å². The standard InChI is InChI=1S/C16H25N5O2/c1-5-6-12-7-14(21-15(19-12)17-11-18-21)20-8-13(9-22-4)23-16(2,3)10-20/h7,11,13H,5-6,8-10H2,1-4H3. The third-order valence-electron chi connectivity index (χ3n) is 3.95. The summed E-state index contributed by atoms with van der Waals surface area (Å²) in [5.74, 6) is 1.67. The van der Waals surface area contributed by atoms with Gasteiger partial charge in [-0.1, -0.05) is 13.3 Å². The molecule has 2 aromatic rings. The van der Waals surface area contributed by atoms with Crippen molar-refractivity contribution in [1.82, 2.24) is 19.6 Å². The Bertz CT molecular complexity index is 670. The van der Waals surface area contributed by atoms with Crippen LogP contribution >= 0.6 is 0 Å². The lowest BCUT2D eigenvalue weighted by Gasteiger charge is -2.43. The monoisotopic (exact) mass is 319 g/mol. The highest BCUT2D eigenvalue weighted by Gasteiger charge is 2.34. The molecule has 126 valence electrons. The summed E-state index contributed by atoms with van der Waals surface area (Å²) in [7, 11) is 1.71. The number of hydrogen-bond acceptors (Lipinski definition) is 6. The van der Waals surface area contributed by atoms with Gasteiger partial charge in [-0.15, -0.1) is 0 Å². The number of aromatic nitrogens is 4. The Balaban J connectivity index is 1.98. The lowest BCUT2D eigenvalue weighted by Crippen LogP contribution is -2.54. The maximum atomic E-state index is 6.11. The highest BCUT2D eigenvalue weighted by Crippen LogP contribution is 2.27. The molecule has 0 bridgehead atoms. The Hall–Kier alpha value is -1.73. The lowest BCUT2D eigenvalue weighted by molar-refractivity contribution is -0.106. The van der Waals surface area contributed by atoms with Gasteiger partial charge in [-0.3, -0.25) is 0 Å². The second-order valence-electron chi connectivity index (χ2n) is 6.66. The summed E-state index contributed by atoms with van der Waals surface area (Å²) in [6, 6.07) is 2.12. The summed E-state index contributed by atoms with van der Waals surface area (Å²) in [5.41, 5.74) is 0.804. The van der Waals surface area contributed by atoms with E-state index in [2.05, 4.69) is 46.8 Å². The zero-order valence-corrected chi connectivity index (χ0v) is 14.3. The Morgan fingerprint density at radius 3 is 3.00 bits per heavy atom. The maximum Gasteiger partial charge on any atom is 0.254 e. The zero-order chi connectivity index (χ0) is 16.4. The molecule has 0 spiro atoms. The van der Waals surface area contributed by atoms with E-state index in [0.29, 0.717) is 12.4 Å². The molecule has 1 saturated heterocycles. The lowest BCUT2D eigenvalue weighted by atomic mass is 10.1. The van der Waals surface area contributed by atoms with Crippen LogP contribution in [0.4, 0.5) is 5.82 Å². The number of rotatable bonds is 5. The molecular formula is C16H25N5O2. The van der Waals surface area contributed by atoms with Crippen molar-refractivity contribution in [2.45, 2.75) is 45.3 Å². The molecule has 0 aliphatic carbocycles. The van der Waals surface area contributed by atoms with E-state index in [9.17, 15) is 0 Å². The van der Waals surface area contributed by atoms with Crippen molar-refractivity contribution < 1.29 is 9.47 Å². The number of aryl methyl sites for hydroxylation is 1. The predicted octanol–water partition coefficient (Wildman–Crippen LogP) is 1.71. The fourth-order valence-electron chi connectivity index (χ4n) is 3.20. The molecule has 2 aromatic heterocycles. The molecule has 0 amide bonds. The van der Waals surface area contributed by atoms with Crippen LogP contribution < -0.4 is 4.90 Å². The van der Waals surface area contributed by atoms with Crippen LogP contribution in [0.15, 0.2) is 12.4 Å². The van der Waals surface area contributed by atoms with Crippen LogP contribution in [-0.2, 0) is 15.9 Å². The van der Waals surface area contributed by atoms with E-state index in [1.807, 2.05) is 4.52 Å². The fourth-order valence-corrected chi connectivity index (χ4v) is 3.20. The third-order valence-corrected chi connectivity index (χ3v) is 3.95. The average Bonchev–Trinajstić information content (AvgIpc) is 2.93. The molecule has 1 fully saturated rings. The summed E-state index contributed by atoms with van der Waals surface area (Å²) in [4.78, 5) is 11.1. The number of fused-ring (bicyclic) bond motifs is 1. The molecular weight excluding hydrogens is 294 g/mol. The van der Waals surface area contributed by atoms with Crippen molar-refractivity contribution in [2.75, 3.05) is 31.7 Å². The van der Waals surface area contributed by atoms with Crippen molar-refractivity contribution in [3.8, 4) is 0 Å². The topological polar surface area (TPSA) is 64.8 Å². The molecule has 1 unspecified atom stereocenters. The number of methoxy groups -OCH3 is 1. The Morgan fingerprint density at radius 2 is 2.26 bits per heavy atom. The van der Waals surface area contributed by atoms with Crippen LogP contribution in [0.25, 0.3) is 5.78 Å². The average molecular weight is 319 g/mol. The normalized spacial score (nSPS) is 21.0. The van der Waals surface area contributed by atoms with Gasteiger partial charge in [0, 0.05) is 32.0 Å². The van der Waals surface area contributed by atoms with Crippen LogP contribution in [0, 0.1) is 0 Å². The molecule has 3 rings (SSSR count). The summed E-state index contributed by atoms with van der Waals surface area (Å²) in [5, 5.41) is 4.34. The van der Waals surface area contributed by atoms with E-state index in [1.165, 1.54) is 0 Å². The smallest absolute Gasteiger partial charge is 0.254 e. The highest BCUT2D eigenvalue weighted by molar-refractivity contribution is 5.48. The van der Waals surface area contributed by atoms with Crippen molar-refractivity contribution in [1.29, 1.82) is 0 Å². The van der Waals surface area contributed by atoms with Crippen molar-refractivity contribution in [2.24, 2.45) is 0 Å². The van der Waals surface area contributed by atoms with E-state index in [4.69, 9.17) is 9.47 Å². The minimum Gasteiger partial charge on any atom is -0.382 e. The molecule has 1 aliphatic rings. The molecule has 1 aliphatic heterocycles. The number of ether oxygens (including phenoxy) is 2. The predicted molar refractivity (Wildman–Crippen MR) is 87.8 cm³/mol. The van der Waals surface area contributed by atoms with Crippen LogP contribution in [0.2, 0.25) is 0 Å². The Kier molecular flexibility index (Phi) is 4.50. The van der Waals surface area contributed by atoms with Gasteiger partial charge in [0.2, 0.25) is 0 Å². The number of nitrogens with zero attached hydrogens (tertiary/aromatic N) is 5. The molecule has 0 saturated carbocycles. The van der Waals surface area contributed by atoms with Gasteiger partial charge in [0.1, 0.15) is 12.1 Å². The minimum atomic E-state index is -0.247. The molecule has 7 nitrogen and oxygen atoms in total. The van der Waals surface area contributed by atoms with Crippen LogP contribution in [0.1, 0.15) is 32.9 Å². The maximum absolute atomic E-state index is 6.11. The second-order valence-corrected chi connectivity index (χ2v) is 6.66. The molecule has 3 heterocycles. The molecule has 0 N–H and O–H groups in total. The van der Waals surface area contributed by atoms with Gasteiger partial charge in [0.25, 0.3) is 5.78 Å². The molecule has 1 atom stereocenters. The summed E-state index contributed by atoms with van der Waals surface area (Å²) in [6.45, 7) is 8.50. The minimum absolute atomic E-state index is 0.0325. The number of hydrogen-bond donors (Lipinski definition) is 0. The summed E-state index contributed by atoms with van der Waals surface area (Å²) in [6.07, 6.45) is 3.58. The van der Waals surface area contributed by atoms with Crippen LogP contribution in [-0.4, -0.2) is 58.1 Å². The van der Waals surface area contributed by atoms with Gasteiger partial charge in [-0.25, -0.2) is 4.98 Å². The Morgan fingerprint density at radius 1 is 1.43 bits per heavy atom. The van der Waals surface area contributed by atoms with E-state index < -0.39 is 0 Å². The van der Waals surface area contributed by atoms with Gasteiger partial charge in [-0.05, 0) is 20.3 Å². The first-order valence-electron chi connectivity index (χ1n) is 8.14. The van der Waals surface area contributed by atoms with E-state index in [1.54, 1.807) is 13.4 Å². The van der Waals surface area contributed by atoms with Crippen LogP contribution in [0.3, 0.4) is 0 Å². The first-order valence-corrected chi connectivity index (χ1v) is 8.14. The van der Waals surface area contributed by atoms with Gasteiger partial charge in [-0.2, -0.15) is 14.6 Å². The first kappa shape index (κ1) is 16.1. The number of morpholine rings is 1. The molecule has 7 heteroatoms. The summed E-state index contributed by atoms with van der Waals surface area (Å²) >= 11 is 0. The van der Waals surface area contributed by atoms with E-state index in [-0.39, 0.29) is 11.7 Å². The quantitative estimate of drug-likeness (QED) is 0.836. The van der Waals surface area contributed by atoms with Crippen molar-refractivity contribution in [3.05, 3.63) is 18.1 Å². The van der Waals surface area contributed by atoms with E-state index in [0.717, 1.165) is 37.4 Å².